The minimum Gasteiger partial charge on any atom is -0.496 e. The van der Waals surface area contributed by atoms with Crippen molar-refractivity contribution in [2.75, 3.05) is 47.0 Å². The van der Waals surface area contributed by atoms with Crippen molar-refractivity contribution in [3.05, 3.63) is 23.8 Å². The number of aliphatic hydroxyl groups excluding tert-OH is 1. The zero-order chi connectivity index (χ0) is 16.2. The highest BCUT2D eigenvalue weighted by molar-refractivity contribution is 5.85. The number of aliphatic hydroxyl groups is 1. The maximum atomic E-state index is 9.96. The first kappa shape index (κ1) is 20.0. The monoisotopic (exact) mass is 344 g/mol. The van der Waals surface area contributed by atoms with Gasteiger partial charge in [-0.2, -0.15) is 0 Å². The number of nitrogens with zero attached hydrogens (tertiary/aromatic N) is 1. The smallest absolute Gasteiger partial charge is 0.127 e. The predicted octanol–water partition coefficient (Wildman–Crippen LogP) is 2.09. The van der Waals surface area contributed by atoms with Crippen LogP contribution in [0.4, 0.5) is 0 Å². The second-order valence-electron chi connectivity index (χ2n) is 6.41. The molecule has 0 radical (unpaired) electrons. The van der Waals surface area contributed by atoms with E-state index in [1.54, 1.807) is 14.2 Å². The maximum Gasteiger partial charge on any atom is 0.127 e. The lowest BCUT2D eigenvalue weighted by Crippen LogP contribution is -2.49. The Bertz CT molecular complexity index is 468. The molecule has 1 aromatic carbocycles. The number of hydrogen-bond acceptors (Lipinski definition) is 5. The molecule has 0 aliphatic carbocycles. The van der Waals surface area contributed by atoms with Crippen molar-refractivity contribution >= 4 is 12.4 Å². The second kappa shape index (κ2) is 8.73. The first-order valence-electron chi connectivity index (χ1n) is 7.81. The highest BCUT2D eigenvalue weighted by Gasteiger charge is 2.39. The van der Waals surface area contributed by atoms with E-state index in [1.807, 2.05) is 18.2 Å². The Hall–Kier alpha value is -1.01. The summed E-state index contributed by atoms with van der Waals surface area (Å²) in [6.07, 6.45) is 0. The zero-order valence-electron chi connectivity index (χ0n) is 14.5. The van der Waals surface area contributed by atoms with Gasteiger partial charge in [0.25, 0.3) is 0 Å². The third-order valence-electron chi connectivity index (χ3n) is 4.40. The largest absolute Gasteiger partial charge is 0.496 e. The standard InChI is InChI=1S/C17H28N2O3.ClH/c1-17(2,12-20)16(19-10-8-18-9-11-19)15-13(21-3)6-5-7-14(15)22-4;/h5-7,16,18,20H,8-12H2,1-4H3;1H/t16-;/m0./s1. The van der Waals surface area contributed by atoms with Crippen molar-refractivity contribution in [1.82, 2.24) is 10.2 Å². The number of benzene rings is 1. The summed E-state index contributed by atoms with van der Waals surface area (Å²) >= 11 is 0. The van der Waals surface area contributed by atoms with E-state index in [0.717, 1.165) is 43.2 Å². The third-order valence-corrected chi connectivity index (χ3v) is 4.40. The third kappa shape index (κ3) is 4.29. The minimum atomic E-state index is -0.306. The van der Waals surface area contributed by atoms with Crippen molar-refractivity contribution in [2.24, 2.45) is 5.41 Å². The molecule has 1 atom stereocenters. The Kier molecular flexibility index (Phi) is 7.61. The molecule has 6 heteroatoms. The molecular weight excluding hydrogens is 316 g/mol. The molecule has 0 spiro atoms. The van der Waals surface area contributed by atoms with Gasteiger partial charge >= 0.3 is 0 Å². The van der Waals surface area contributed by atoms with E-state index in [1.165, 1.54) is 0 Å². The van der Waals surface area contributed by atoms with Crippen molar-refractivity contribution in [2.45, 2.75) is 19.9 Å². The summed E-state index contributed by atoms with van der Waals surface area (Å²) < 4.78 is 11.2. The summed E-state index contributed by atoms with van der Waals surface area (Å²) in [5, 5.41) is 13.3. The van der Waals surface area contributed by atoms with Gasteiger partial charge in [-0.3, -0.25) is 4.90 Å². The molecule has 1 saturated heterocycles. The van der Waals surface area contributed by atoms with Crippen LogP contribution in [0.2, 0.25) is 0 Å². The van der Waals surface area contributed by atoms with E-state index in [2.05, 4.69) is 24.1 Å². The molecule has 1 aromatic rings. The van der Waals surface area contributed by atoms with Gasteiger partial charge in [0.15, 0.2) is 0 Å². The molecule has 0 saturated carbocycles. The molecule has 0 unspecified atom stereocenters. The Labute approximate surface area is 145 Å². The lowest BCUT2D eigenvalue weighted by Gasteiger charge is -2.44. The number of halogens is 1. The van der Waals surface area contributed by atoms with Crippen LogP contribution in [0.3, 0.4) is 0 Å². The van der Waals surface area contributed by atoms with Gasteiger partial charge in [0.05, 0.1) is 19.8 Å². The summed E-state index contributed by atoms with van der Waals surface area (Å²) in [4.78, 5) is 2.41. The normalized spacial score (nSPS) is 17.3. The summed E-state index contributed by atoms with van der Waals surface area (Å²) in [5.74, 6) is 1.62. The Balaban J connectivity index is 0.00000264. The highest BCUT2D eigenvalue weighted by Crippen LogP contribution is 2.46. The van der Waals surface area contributed by atoms with Crippen LogP contribution in [-0.2, 0) is 0 Å². The average molecular weight is 345 g/mol. The number of rotatable bonds is 6. The van der Waals surface area contributed by atoms with Gasteiger partial charge in [-0.15, -0.1) is 12.4 Å². The summed E-state index contributed by atoms with van der Waals surface area (Å²) in [5.41, 5.74) is 0.715. The van der Waals surface area contributed by atoms with Gasteiger partial charge in [-0.05, 0) is 12.1 Å². The molecule has 1 heterocycles. The van der Waals surface area contributed by atoms with E-state index < -0.39 is 0 Å². The van der Waals surface area contributed by atoms with Gasteiger partial charge in [0.2, 0.25) is 0 Å². The number of nitrogens with one attached hydrogen (secondary N) is 1. The minimum absolute atomic E-state index is 0. The van der Waals surface area contributed by atoms with E-state index in [0.29, 0.717) is 0 Å². The first-order chi connectivity index (χ1) is 10.5. The molecular formula is C17H29ClN2O3. The van der Waals surface area contributed by atoms with Crippen LogP contribution in [-0.4, -0.2) is 57.0 Å². The first-order valence-corrected chi connectivity index (χ1v) is 7.81. The quantitative estimate of drug-likeness (QED) is 0.827. The van der Waals surface area contributed by atoms with Crippen molar-refractivity contribution in [3.8, 4) is 11.5 Å². The molecule has 23 heavy (non-hydrogen) atoms. The van der Waals surface area contributed by atoms with Crippen molar-refractivity contribution in [1.29, 1.82) is 0 Å². The fraction of sp³-hybridized carbons (Fsp3) is 0.647. The van der Waals surface area contributed by atoms with Crippen LogP contribution in [0.5, 0.6) is 11.5 Å². The number of ether oxygens (including phenoxy) is 2. The topological polar surface area (TPSA) is 54.0 Å². The average Bonchev–Trinajstić information content (AvgIpc) is 2.56. The Morgan fingerprint density at radius 2 is 1.70 bits per heavy atom. The molecule has 0 amide bonds. The Morgan fingerprint density at radius 1 is 1.17 bits per heavy atom. The van der Waals surface area contributed by atoms with Crippen LogP contribution in [0.1, 0.15) is 25.5 Å². The number of piperazine rings is 1. The van der Waals surface area contributed by atoms with Crippen LogP contribution in [0.15, 0.2) is 18.2 Å². The molecule has 2 rings (SSSR count). The zero-order valence-corrected chi connectivity index (χ0v) is 15.3. The van der Waals surface area contributed by atoms with Crippen LogP contribution < -0.4 is 14.8 Å². The van der Waals surface area contributed by atoms with Gasteiger partial charge in [0, 0.05) is 44.2 Å². The van der Waals surface area contributed by atoms with Gasteiger partial charge in [-0.25, -0.2) is 0 Å². The number of methoxy groups -OCH3 is 2. The Morgan fingerprint density at radius 3 is 2.13 bits per heavy atom. The molecule has 132 valence electrons. The van der Waals surface area contributed by atoms with Crippen LogP contribution in [0, 0.1) is 5.41 Å². The second-order valence-corrected chi connectivity index (χ2v) is 6.41. The SMILES string of the molecule is COc1cccc(OC)c1[C@H](N1CCNCC1)C(C)(C)CO.Cl. The molecule has 1 aliphatic heterocycles. The fourth-order valence-electron chi connectivity index (χ4n) is 3.24. The number of hydrogen-bond donors (Lipinski definition) is 2. The maximum absolute atomic E-state index is 9.96. The summed E-state index contributed by atoms with van der Waals surface area (Å²) in [6, 6.07) is 5.88. The van der Waals surface area contributed by atoms with Gasteiger partial charge in [0.1, 0.15) is 11.5 Å². The molecule has 0 bridgehead atoms. The van der Waals surface area contributed by atoms with Crippen molar-refractivity contribution in [3.63, 3.8) is 0 Å². The van der Waals surface area contributed by atoms with Crippen LogP contribution >= 0.6 is 12.4 Å². The molecule has 0 aromatic heterocycles. The van der Waals surface area contributed by atoms with Crippen molar-refractivity contribution < 1.29 is 14.6 Å². The molecule has 1 aliphatic rings. The summed E-state index contributed by atoms with van der Waals surface area (Å²) in [6.45, 7) is 8.06. The lowest BCUT2D eigenvalue weighted by atomic mass is 9.79. The van der Waals surface area contributed by atoms with E-state index >= 15 is 0 Å². The van der Waals surface area contributed by atoms with E-state index in [4.69, 9.17) is 9.47 Å². The highest BCUT2D eigenvalue weighted by atomic mass is 35.5. The molecule has 5 nitrogen and oxygen atoms in total. The fourth-order valence-corrected chi connectivity index (χ4v) is 3.24. The van der Waals surface area contributed by atoms with Gasteiger partial charge in [-0.1, -0.05) is 19.9 Å². The molecule has 1 fully saturated rings. The summed E-state index contributed by atoms with van der Waals surface area (Å²) in [7, 11) is 3.36. The van der Waals surface area contributed by atoms with Crippen LogP contribution in [0.25, 0.3) is 0 Å². The lowest BCUT2D eigenvalue weighted by molar-refractivity contribution is 0.0279. The van der Waals surface area contributed by atoms with E-state index in [9.17, 15) is 5.11 Å². The van der Waals surface area contributed by atoms with Gasteiger partial charge < -0.3 is 19.9 Å². The predicted molar refractivity (Wildman–Crippen MR) is 94.8 cm³/mol. The molecule has 2 N–H and O–H groups in total. The van der Waals surface area contributed by atoms with E-state index in [-0.39, 0.29) is 30.5 Å².